The van der Waals surface area contributed by atoms with Crippen molar-refractivity contribution < 1.29 is 4.79 Å². The fraction of sp³-hybridized carbons (Fsp3) is 0.0769. The number of carbonyl (C=O) groups is 1. The summed E-state index contributed by atoms with van der Waals surface area (Å²) in [6.07, 6.45) is 1.55. The molecule has 0 aliphatic carbocycles. The summed E-state index contributed by atoms with van der Waals surface area (Å²) in [7, 11) is 0. The topological polar surface area (TPSA) is 42.0 Å². The van der Waals surface area contributed by atoms with E-state index in [-0.39, 0.29) is 11.1 Å². The molecular weight excluding hydrogens is 236 g/mol. The Kier molecular flexibility index (Phi) is 3.40. The van der Waals surface area contributed by atoms with Crippen molar-refractivity contribution in [1.29, 1.82) is 0 Å². The molecule has 0 saturated carbocycles. The summed E-state index contributed by atoms with van der Waals surface area (Å²) in [6.45, 7) is 1.99. The Morgan fingerprint density at radius 3 is 2.59 bits per heavy atom. The Hall–Kier alpha value is -1.87. The van der Waals surface area contributed by atoms with Crippen LogP contribution in [0.5, 0.6) is 0 Å². The first kappa shape index (κ1) is 11.6. The van der Waals surface area contributed by atoms with Crippen LogP contribution in [0.1, 0.15) is 15.9 Å². The molecule has 0 atom stereocenters. The van der Waals surface area contributed by atoms with Gasteiger partial charge in [0.1, 0.15) is 5.15 Å². The van der Waals surface area contributed by atoms with Gasteiger partial charge < -0.3 is 5.32 Å². The van der Waals surface area contributed by atoms with Gasteiger partial charge in [0.25, 0.3) is 5.91 Å². The molecule has 1 aromatic heterocycles. The van der Waals surface area contributed by atoms with Gasteiger partial charge in [0.2, 0.25) is 0 Å². The number of nitrogens with one attached hydrogen (secondary N) is 1. The Morgan fingerprint density at radius 2 is 1.94 bits per heavy atom. The number of amides is 1. The first-order valence-corrected chi connectivity index (χ1v) is 5.53. The third-order valence-electron chi connectivity index (χ3n) is 2.31. The normalized spacial score (nSPS) is 10.0. The Morgan fingerprint density at radius 1 is 1.24 bits per heavy atom. The van der Waals surface area contributed by atoms with Crippen LogP contribution in [0.3, 0.4) is 0 Å². The molecule has 1 heterocycles. The second kappa shape index (κ2) is 4.97. The van der Waals surface area contributed by atoms with Crippen molar-refractivity contribution in [2.24, 2.45) is 0 Å². The molecule has 86 valence electrons. The molecule has 0 aliphatic rings. The molecule has 0 spiro atoms. The van der Waals surface area contributed by atoms with Crippen molar-refractivity contribution >= 4 is 23.2 Å². The van der Waals surface area contributed by atoms with Gasteiger partial charge in [0.15, 0.2) is 0 Å². The van der Waals surface area contributed by atoms with Crippen LogP contribution in [0.4, 0.5) is 5.69 Å². The second-order valence-electron chi connectivity index (χ2n) is 3.66. The first-order chi connectivity index (χ1) is 8.16. The van der Waals surface area contributed by atoms with Crippen LogP contribution in [0, 0.1) is 6.92 Å². The molecule has 17 heavy (non-hydrogen) atoms. The van der Waals surface area contributed by atoms with Crippen molar-refractivity contribution in [3.63, 3.8) is 0 Å². The van der Waals surface area contributed by atoms with E-state index < -0.39 is 0 Å². The zero-order valence-electron chi connectivity index (χ0n) is 9.27. The molecule has 0 fully saturated rings. The van der Waals surface area contributed by atoms with E-state index in [1.165, 1.54) is 0 Å². The predicted molar refractivity (Wildman–Crippen MR) is 68.4 cm³/mol. The lowest BCUT2D eigenvalue weighted by Crippen LogP contribution is -2.12. The fourth-order valence-corrected chi connectivity index (χ4v) is 1.60. The van der Waals surface area contributed by atoms with Gasteiger partial charge >= 0.3 is 0 Å². The standard InChI is InChI=1S/C13H11ClN2O/c1-9-4-6-10(7-5-9)16-13(17)11-3-2-8-15-12(11)14/h2-8H,1H3,(H,16,17). The Bertz CT molecular complexity index is 537. The minimum atomic E-state index is -0.257. The highest BCUT2D eigenvalue weighted by Gasteiger charge is 2.10. The van der Waals surface area contributed by atoms with Gasteiger partial charge in [-0.25, -0.2) is 4.98 Å². The molecule has 3 nitrogen and oxygen atoms in total. The third kappa shape index (κ3) is 2.82. The van der Waals surface area contributed by atoms with Crippen molar-refractivity contribution in [3.05, 3.63) is 58.9 Å². The highest BCUT2D eigenvalue weighted by atomic mass is 35.5. The lowest BCUT2D eigenvalue weighted by atomic mass is 10.2. The number of pyridine rings is 1. The van der Waals surface area contributed by atoms with Crippen LogP contribution >= 0.6 is 11.6 Å². The van der Waals surface area contributed by atoms with E-state index in [9.17, 15) is 4.79 Å². The van der Waals surface area contributed by atoms with Crippen molar-refractivity contribution in [1.82, 2.24) is 4.98 Å². The number of aryl methyl sites for hydroxylation is 1. The van der Waals surface area contributed by atoms with Crippen LogP contribution < -0.4 is 5.32 Å². The van der Waals surface area contributed by atoms with Gasteiger partial charge in [0, 0.05) is 11.9 Å². The summed E-state index contributed by atoms with van der Waals surface area (Å²) in [4.78, 5) is 15.7. The van der Waals surface area contributed by atoms with E-state index in [2.05, 4.69) is 10.3 Å². The van der Waals surface area contributed by atoms with Gasteiger partial charge in [0.05, 0.1) is 5.56 Å². The molecule has 2 rings (SSSR count). The zero-order chi connectivity index (χ0) is 12.3. The van der Waals surface area contributed by atoms with Gasteiger partial charge in [-0.05, 0) is 31.2 Å². The summed E-state index contributed by atoms with van der Waals surface area (Å²) in [5.74, 6) is -0.257. The maximum absolute atomic E-state index is 11.9. The first-order valence-electron chi connectivity index (χ1n) is 5.15. The molecule has 0 aliphatic heterocycles. The molecule has 0 radical (unpaired) electrons. The summed E-state index contributed by atoms with van der Waals surface area (Å²) >= 11 is 5.84. The molecule has 0 bridgehead atoms. The maximum Gasteiger partial charge on any atom is 0.258 e. The lowest BCUT2D eigenvalue weighted by Gasteiger charge is -2.06. The summed E-state index contributed by atoms with van der Waals surface area (Å²) < 4.78 is 0. The lowest BCUT2D eigenvalue weighted by molar-refractivity contribution is 0.102. The number of halogens is 1. The minimum absolute atomic E-state index is 0.206. The van der Waals surface area contributed by atoms with E-state index in [0.29, 0.717) is 5.56 Å². The highest BCUT2D eigenvalue weighted by Crippen LogP contribution is 2.15. The molecule has 4 heteroatoms. The van der Waals surface area contributed by atoms with E-state index >= 15 is 0 Å². The number of rotatable bonds is 2. The molecule has 0 saturated heterocycles. The molecule has 1 aromatic carbocycles. The zero-order valence-corrected chi connectivity index (χ0v) is 10.0. The van der Waals surface area contributed by atoms with Gasteiger partial charge in [-0.2, -0.15) is 0 Å². The van der Waals surface area contributed by atoms with Crippen LogP contribution in [-0.2, 0) is 0 Å². The van der Waals surface area contributed by atoms with Crippen molar-refractivity contribution in [2.75, 3.05) is 5.32 Å². The second-order valence-corrected chi connectivity index (χ2v) is 4.02. The van der Waals surface area contributed by atoms with Gasteiger partial charge in [-0.3, -0.25) is 4.79 Å². The average molecular weight is 247 g/mol. The number of hydrogen-bond acceptors (Lipinski definition) is 2. The van der Waals surface area contributed by atoms with Gasteiger partial charge in [-0.1, -0.05) is 29.3 Å². The number of aromatic nitrogens is 1. The summed E-state index contributed by atoms with van der Waals surface area (Å²) in [6, 6.07) is 10.9. The number of anilines is 1. The van der Waals surface area contributed by atoms with E-state index in [1.54, 1.807) is 18.3 Å². The Labute approximate surface area is 104 Å². The largest absolute Gasteiger partial charge is 0.322 e. The van der Waals surface area contributed by atoms with Crippen molar-refractivity contribution in [3.8, 4) is 0 Å². The average Bonchev–Trinajstić information content (AvgIpc) is 2.32. The van der Waals surface area contributed by atoms with E-state index in [1.807, 2.05) is 31.2 Å². The number of hydrogen-bond donors (Lipinski definition) is 1. The monoisotopic (exact) mass is 246 g/mol. The number of nitrogens with zero attached hydrogens (tertiary/aromatic N) is 1. The summed E-state index contributed by atoms with van der Waals surface area (Å²) in [5.41, 5.74) is 2.25. The quantitative estimate of drug-likeness (QED) is 0.826. The van der Waals surface area contributed by atoms with Gasteiger partial charge in [-0.15, -0.1) is 0 Å². The Balaban J connectivity index is 2.17. The predicted octanol–water partition coefficient (Wildman–Crippen LogP) is 3.30. The van der Waals surface area contributed by atoms with Crippen LogP contribution in [0.25, 0.3) is 0 Å². The molecule has 2 aromatic rings. The highest BCUT2D eigenvalue weighted by molar-refractivity contribution is 6.33. The molecule has 1 N–H and O–H groups in total. The smallest absolute Gasteiger partial charge is 0.258 e. The molecule has 1 amide bonds. The SMILES string of the molecule is Cc1ccc(NC(=O)c2cccnc2Cl)cc1. The number of carbonyl (C=O) groups excluding carboxylic acids is 1. The van der Waals surface area contributed by atoms with E-state index in [4.69, 9.17) is 11.6 Å². The van der Waals surface area contributed by atoms with Crippen LogP contribution in [-0.4, -0.2) is 10.9 Å². The molecular formula is C13H11ClN2O. The third-order valence-corrected chi connectivity index (χ3v) is 2.61. The maximum atomic E-state index is 11.9. The fourth-order valence-electron chi connectivity index (χ4n) is 1.39. The van der Waals surface area contributed by atoms with Crippen LogP contribution in [0.2, 0.25) is 5.15 Å². The number of benzene rings is 1. The van der Waals surface area contributed by atoms with E-state index in [0.717, 1.165) is 11.3 Å². The minimum Gasteiger partial charge on any atom is -0.322 e. The molecule has 0 unspecified atom stereocenters. The summed E-state index contributed by atoms with van der Waals surface area (Å²) in [5, 5.41) is 2.97. The van der Waals surface area contributed by atoms with Crippen LogP contribution in [0.15, 0.2) is 42.6 Å². The van der Waals surface area contributed by atoms with Crippen molar-refractivity contribution in [2.45, 2.75) is 6.92 Å².